The average molecular weight is 336 g/mol. The van der Waals surface area contributed by atoms with Crippen LogP contribution in [-0.4, -0.2) is 55.1 Å². The molecule has 136 valence electrons. The Morgan fingerprint density at radius 2 is 1.42 bits per heavy atom. The zero-order chi connectivity index (χ0) is 16.8. The summed E-state index contributed by atoms with van der Waals surface area (Å²) < 4.78 is 0. The second-order valence-electron chi connectivity index (χ2n) is 7.58. The van der Waals surface area contributed by atoms with Crippen molar-refractivity contribution >= 4 is 11.9 Å². The Bertz CT molecular complexity index is 383. The Labute approximate surface area is 145 Å². The van der Waals surface area contributed by atoms with Crippen LogP contribution in [0.2, 0.25) is 0 Å². The van der Waals surface area contributed by atoms with Gasteiger partial charge in [-0.2, -0.15) is 0 Å². The molecule has 2 aliphatic heterocycles. The summed E-state index contributed by atoms with van der Waals surface area (Å²) in [5.41, 5.74) is 0. The first kappa shape index (κ1) is 17.5. The standard InChI is InChI=1S/C18H32N4O2/c23-17(20-15-4-2-1-3-5-15)14-8-12-22(13-9-14)18(24)21-16-6-10-19-11-7-16/h14-16,19H,1-13H2,(H,20,23)(H,21,24). The number of rotatable bonds is 3. The molecule has 0 aromatic heterocycles. The Morgan fingerprint density at radius 3 is 2.08 bits per heavy atom. The van der Waals surface area contributed by atoms with E-state index in [4.69, 9.17) is 0 Å². The van der Waals surface area contributed by atoms with Crippen molar-refractivity contribution in [2.75, 3.05) is 26.2 Å². The molecule has 1 saturated carbocycles. The molecule has 3 N–H and O–H groups in total. The van der Waals surface area contributed by atoms with Gasteiger partial charge in [-0.3, -0.25) is 4.79 Å². The fourth-order valence-electron chi connectivity index (χ4n) is 4.14. The Kier molecular flexibility index (Phi) is 6.35. The number of carbonyl (C=O) groups excluding carboxylic acids is 2. The van der Waals surface area contributed by atoms with E-state index in [1.807, 2.05) is 4.90 Å². The molecule has 3 aliphatic rings. The normalized spacial score (nSPS) is 24.6. The van der Waals surface area contributed by atoms with E-state index in [2.05, 4.69) is 16.0 Å². The van der Waals surface area contributed by atoms with Gasteiger partial charge in [0, 0.05) is 31.1 Å². The lowest BCUT2D eigenvalue weighted by Gasteiger charge is -2.34. The first-order valence-corrected chi connectivity index (χ1v) is 9.79. The number of nitrogens with zero attached hydrogens (tertiary/aromatic N) is 1. The van der Waals surface area contributed by atoms with Crippen LogP contribution in [0.25, 0.3) is 0 Å². The van der Waals surface area contributed by atoms with E-state index in [1.54, 1.807) is 0 Å². The third-order valence-electron chi connectivity index (χ3n) is 5.77. The second kappa shape index (κ2) is 8.70. The van der Waals surface area contributed by atoms with E-state index in [-0.39, 0.29) is 17.9 Å². The summed E-state index contributed by atoms with van der Waals surface area (Å²) in [7, 11) is 0. The second-order valence-corrected chi connectivity index (χ2v) is 7.58. The van der Waals surface area contributed by atoms with Gasteiger partial charge in [0.15, 0.2) is 0 Å². The third-order valence-corrected chi connectivity index (χ3v) is 5.77. The van der Waals surface area contributed by atoms with Crippen LogP contribution in [-0.2, 0) is 4.79 Å². The zero-order valence-corrected chi connectivity index (χ0v) is 14.7. The van der Waals surface area contributed by atoms with Crippen LogP contribution in [0.3, 0.4) is 0 Å². The van der Waals surface area contributed by atoms with Crippen LogP contribution in [0.1, 0.15) is 57.8 Å². The zero-order valence-electron chi connectivity index (χ0n) is 14.7. The first-order chi connectivity index (χ1) is 11.7. The molecule has 24 heavy (non-hydrogen) atoms. The maximum atomic E-state index is 12.4. The summed E-state index contributed by atoms with van der Waals surface area (Å²) in [6.07, 6.45) is 9.62. The summed E-state index contributed by atoms with van der Waals surface area (Å²) in [4.78, 5) is 26.7. The molecule has 0 atom stereocenters. The van der Waals surface area contributed by atoms with E-state index in [9.17, 15) is 9.59 Å². The molecule has 0 spiro atoms. The lowest BCUT2D eigenvalue weighted by molar-refractivity contribution is -0.127. The molecule has 2 saturated heterocycles. The number of amides is 3. The summed E-state index contributed by atoms with van der Waals surface area (Å²) in [6.45, 7) is 3.35. The fourth-order valence-corrected chi connectivity index (χ4v) is 4.14. The van der Waals surface area contributed by atoms with Crippen LogP contribution in [0, 0.1) is 5.92 Å². The highest BCUT2D eigenvalue weighted by molar-refractivity contribution is 5.80. The van der Waals surface area contributed by atoms with Gasteiger partial charge in [-0.25, -0.2) is 4.79 Å². The van der Waals surface area contributed by atoms with Gasteiger partial charge in [0.05, 0.1) is 0 Å². The number of likely N-dealkylation sites (tertiary alicyclic amines) is 1. The molecule has 3 amide bonds. The fraction of sp³-hybridized carbons (Fsp3) is 0.889. The van der Waals surface area contributed by atoms with E-state index in [0.717, 1.165) is 51.6 Å². The third kappa shape index (κ3) is 4.85. The number of hydrogen-bond donors (Lipinski definition) is 3. The molecule has 3 rings (SSSR count). The van der Waals surface area contributed by atoms with E-state index in [1.165, 1.54) is 19.3 Å². The highest BCUT2D eigenvalue weighted by atomic mass is 16.2. The van der Waals surface area contributed by atoms with Crippen LogP contribution in [0.5, 0.6) is 0 Å². The minimum atomic E-state index is 0.0491. The van der Waals surface area contributed by atoms with Crippen LogP contribution in [0.4, 0.5) is 4.79 Å². The predicted octanol–water partition coefficient (Wildman–Crippen LogP) is 1.61. The number of nitrogens with one attached hydrogen (secondary N) is 3. The molecular formula is C18H32N4O2. The van der Waals surface area contributed by atoms with Crippen molar-refractivity contribution in [3.8, 4) is 0 Å². The number of urea groups is 1. The largest absolute Gasteiger partial charge is 0.353 e. The van der Waals surface area contributed by atoms with E-state index < -0.39 is 0 Å². The van der Waals surface area contributed by atoms with Gasteiger partial charge in [-0.05, 0) is 51.6 Å². The molecule has 6 heteroatoms. The average Bonchev–Trinajstić information content (AvgIpc) is 2.63. The number of hydrogen-bond acceptors (Lipinski definition) is 3. The lowest BCUT2D eigenvalue weighted by Crippen LogP contribution is -2.51. The minimum absolute atomic E-state index is 0.0491. The van der Waals surface area contributed by atoms with Gasteiger partial charge in [0.1, 0.15) is 0 Å². The van der Waals surface area contributed by atoms with Gasteiger partial charge in [-0.15, -0.1) is 0 Å². The van der Waals surface area contributed by atoms with Gasteiger partial charge < -0.3 is 20.9 Å². The highest BCUT2D eigenvalue weighted by Gasteiger charge is 2.29. The molecule has 0 unspecified atom stereocenters. The quantitative estimate of drug-likeness (QED) is 0.733. The van der Waals surface area contributed by atoms with Gasteiger partial charge in [-0.1, -0.05) is 19.3 Å². The summed E-state index contributed by atoms with van der Waals surface area (Å²) >= 11 is 0. The highest BCUT2D eigenvalue weighted by Crippen LogP contribution is 2.21. The SMILES string of the molecule is O=C(NC1CCCCC1)C1CCN(C(=O)NC2CCNCC2)CC1. The van der Waals surface area contributed by atoms with Crippen molar-refractivity contribution in [1.82, 2.24) is 20.9 Å². The molecule has 0 aromatic carbocycles. The molecule has 2 heterocycles. The number of carbonyl (C=O) groups is 2. The Balaban J connectivity index is 1.38. The topological polar surface area (TPSA) is 73.5 Å². The van der Waals surface area contributed by atoms with Crippen LogP contribution < -0.4 is 16.0 Å². The molecule has 0 aromatic rings. The van der Waals surface area contributed by atoms with Crippen molar-refractivity contribution in [3.05, 3.63) is 0 Å². The van der Waals surface area contributed by atoms with Crippen molar-refractivity contribution in [2.24, 2.45) is 5.92 Å². The summed E-state index contributed by atoms with van der Waals surface area (Å²) in [5.74, 6) is 0.287. The lowest BCUT2D eigenvalue weighted by atomic mass is 9.92. The van der Waals surface area contributed by atoms with E-state index in [0.29, 0.717) is 25.2 Å². The van der Waals surface area contributed by atoms with E-state index >= 15 is 0 Å². The summed E-state index contributed by atoms with van der Waals surface area (Å²) in [6, 6.07) is 0.728. The number of piperidine rings is 2. The van der Waals surface area contributed by atoms with Crippen LogP contribution >= 0.6 is 0 Å². The van der Waals surface area contributed by atoms with Crippen molar-refractivity contribution < 1.29 is 9.59 Å². The maximum absolute atomic E-state index is 12.4. The smallest absolute Gasteiger partial charge is 0.317 e. The van der Waals surface area contributed by atoms with Gasteiger partial charge >= 0.3 is 6.03 Å². The van der Waals surface area contributed by atoms with Crippen molar-refractivity contribution in [2.45, 2.75) is 69.9 Å². The van der Waals surface area contributed by atoms with Crippen molar-refractivity contribution in [3.63, 3.8) is 0 Å². The molecule has 0 radical (unpaired) electrons. The molecule has 1 aliphatic carbocycles. The maximum Gasteiger partial charge on any atom is 0.317 e. The minimum Gasteiger partial charge on any atom is -0.353 e. The molecular weight excluding hydrogens is 304 g/mol. The predicted molar refractivity (Wildman–Crippen MR) is 93.7 cm³/mol. The molecule has 6 nitrogen and oxygen atoms in total. The monoisotopic (exact) mass is 336 g/mol. The van der Waals surface area contributed by atoms with Gasteiger partial charge in [0.2, 0.25) is 5.91 Å². The van der Waals surface area contributed by atoms with Crippen molar-refractivity contribution in [1.29, 1.82) is 0 Å². The van der Waals surface area contributed by atoms with Crippen LogP contribution in [0.15, 0.2) is 0 Å². The van der Waals surface area contributed by atoms with Gasteiger partial charge in [0.25, 0.3) is 0 Å². The Hall–Kier alpha value is -1.30. The Morgan fingerprint density at radius 1 is 0.792 bits per heavy atom. The molecule has 0 bridgehead atoms. The summed E-state index contributed by atoms with van der Waals surface area (Å²) in [5, 5.41) is 9.69. The first-order valence-electron chi connectivity index (χ1n) is 9.79. The molecule has 3 fully saturated rings.